The molecule has 0 fully saturated rings. The molecule has 1 aromatic heterocycles. The maximum atomic E-state index is 13.2. The highest BCUT2D eigenvalue weighted by atomic mass is 79.9. The molecule has 0 bridgehead atoms. The van der Waals surface area contributed by atoms with Crippen LogP contribution in [0.15, 0.2) is 65.2 Å². The molecule has 1 N–H and O–H groups in total. The summed E-state index contributed by atoms with van der Waals surface area (Å²) < 4.78 is 19.5. The fraction of sp³-hybridized carbons (Fsp3) is 0.105. The molecule has 0 aliphatic carbocycles. The van der Waals surface area contributed by atoms with Crippen LogP contribution in [0.4, 0.5) is 4.39 Å². The van der Waals surface area contributed by atoms with Gasteiger partial charge in [-0.05, 0) is 46.3 Å². The minimum atomic E-state index is -0.636. The molecule has 0 amide bonds. The number of dihydropyridines is 1. The van der Waals surface area contributed by atoms with E-state index in [1.54, 1.807) is 30.6 Å². The molecule has 2 aromatic rings. The normalized spacial score (nSPS) is 16.0. The van der Waals surface area contributed by atoms with E-state index in [-0.39, 0.29) is 18.0 Å². The maximum absolute atomic E-state index is 13.2. The predicted molar refractivity (Wildman–Crippen MR) is 96.5 cm³/mol. The molecule has 5 nitrogen and oxygen atoms in total. The Morgan fingerprint density at radius 1 is 1.42 bits per heavy atom. The van der Waals surface area contributed by atoms with Gasteiger partial charge >= 0.3 is 0 Å². The Hall–Kier alpha value is -2.98. The van der Waals surface area contributed by atoms with E-state index < -0.39 is 11.9 Å². The number of hydrogen-bond acceptors (Lipinski definition) is 5. The van der Waals surface area contributed by atoms with Crippen molar-refractivity contribution in [2.24, 2.45) is 0 Å². The van der Waals surface area contributed by atoms with Crippen molar-refractivity contribution >= 4 is 21.7 Å². The van der Waals surface area contributed by atoms with Crippen molar-refractivity contribution in [2.75, 3.05) is 0 Å². The molecule has 0 saturated carbocycles. The number of nitrogens with zero attached hydrogens (tertiary/aromatic N) is 2. The Balaban J connectivity index is 1.78. The molecule has 0 radical (unpaired) electrons. The molecule has 1 atom stereocenters. The first-order chi connectivity index (χ1) is 12.6. The highest BCUT2D eigenvalue weighted by Crippen LogP contribution is 2.26. The summed E-state index contributed by atoms with van der Waals surface area (Å²) in [4.78, 5) is 16.6. The monoisotopic (exact) mass is 413 g/mol. The van der Waals surface area contributed by atoms with Gasteiger partial charge in [0.1, 0.15) is 24.2 Å². The van der Waals surface area contributed by atoms with Gasteiger partial charge in [0, 0.05) is 29.7 Å². The van der Waals surface area contributed by atoms with E-state index in [1.807, 2.05) is 6.07 Å². The molecular weight excluding hydrogens is 401 g/mol. The molecule has 1 aliphatic heterocycles. The second-order valence-electron chi connectivity index (χ2n) is 5.45. The molecule has 0 spiro atoms. The lowest BCUT2D eigenvalue weighted by Gasteiger charge is -2.22. The summed E-state index contributed by atoms with van der Waals surface area (Å²) in [7, 11) is 0. The number of aromatic nitrogens is 1. The second-order valence-corrected chi connectivity index (χ2v) is 6.31. The van der Waals surface area contributed by atoms with E-state index in [4.69, 9.17) is 10.00 Å². The Kier molecular flexibility index (Phi) is 5.44. The molecule has 2 heterocycles. The number of halogens is 2. The second kappa shape index (κ2) is 7.93. The Bertz CT molecular complexity index is 936. The minimum Gasteiger partial charge on any atom is -0.488 e. The highest BCUT2D eigenvalue weighted by Gasteiger charge is 2.27. The van der Waals surface area contributed by atoms with Gasteiger partial charge in [-0.25, -0.2) is 4.39 Å². The van der Waals surface area contributed by atoms with Gasteiger partial charge in [0.15, 0.2) is 5.78 Å². The largest absolute Gasteiger partial charge is 0.488 e. The van der Waals surface area contributed by atoms with E-state index >= 15 is 0 Å². The number of pyridine rings is 1. The molecule has 130 valence electrons. The van der Waals surface area contributed by atoms with Crippen LogP contribution in [0.25, 0.3) is 0 Å². The minimum absolute atomic E-state index is 0.0751. The molecule has 0 saturated heterocycles. The van der Waals surface area contributed by atoms with Crippen molar-refractivity contribution in [2.45, 2.75) is 12.6 Å². The quantitative estimate of drug-likeness (QED) is 0.758. The molecule has 3 rings (SSSR count). The van der Waals surface area contributed by atoms with Crippen molar-refractivity contribution in [3.63, 3.8) is 0 Å². The Morgan fingerprint density at radius 3 is 3.00 bits per heavy atom. The van der Waals surface area contributed by atoms with Crippen LogP contribution >= 0.6 is 15.9 Å². The van der Waals surface area contributed by atoms with Gasteiger partial charge in [0.2, 0.25) is 0 Å². The van der Waals surface area contributed by atoms with Crippen LogP contribution in [0.5, 0.6) is 0 Å². The van der Waals surface area contributed by atoms with Gasteiger partial charge in [0.25, 0.3) is 0 Å². The summed E-state index contributed by atoms with van der Waals surface area (Å²) in [5, 5.41) is 12.1. The zero-order valence-corrected chi connectivity index (χ0v) is 15.0. The lowest BCUT2D eigenvalue weighted by molar-refractivity contribution is 0.0962. The number of Topliss-reactive ketones (excluding diaryl/α,β-unsaturated/α-hetero) is 1. The fourth-order valence-electron chi connectivity index (χ4n) is 2.43. The van der Waals surface area contributed by atoms with Crippen molar-refractivity contribution in [3.05, 3.63) is 87.8 Å². The summed E-state index contributed by atoms with van der Waals surface area (Å²) >= 11 is 3.41. The van der Waals surface area contributed by atoms with E-state index in [0.29, 0.717) is 21.4 Å². The first-order valence-corrected chi connectivity index (χ1v) is 8.47. The van der Waals surface area contributed by atoms with E-state index in [1.165, 1.54) is 18.3 Å². The SMILES string of the molecule is N#Cc1cc(F)ccc1COC1=C(Br)C(C(=O)c2cccnc2)NC=C1. The van der Waals surface area contributed by atoms with Crippen LogP contribution < -0.4 is 5.32 Å². The third-order valence-electron chi connectivity index (χ3n) is 3.77. The maximum Gasteiger partial charge on any atom is 0.191 e. The van der Waals surface area contributed by atoms with Gasteiger partial charge < -0.3 is 10.1 Å². The molecule has 1 unspecified atom stereocenters. The van der Waals surface area contributed by atoms with Gasteiger partial charge in [-0.3, -0.25) is 9.78 Å². The van der Waals surface area contributed by atoms with Crippen molar-refractivity contribution in [1.29, 1.82) is 5.26 Å². The first kappa shape index (κ1) is 17.8. The zero-order valence-electron chi connectivity index (χ0n) is 13.4. The van der Waals surface area contributed by atoms with E-state index in [0.717, 1.165) is 6.07 Å². The van der Waals surface area contributed by atoms with Crippen LogP contribution in [0.1, 0.15) is 21.5 Å². The van der Waals surface area contributed by atoms with Gasteiger partial charge in [0.05, 0.1) is 16.1 Å². The fourth-order valence-corrected chi connectivity index (χ4v) is 3.02. The number of nitrogens with one attached hydrogen (secondary N) is 1. The standard InChI is InChI=1S/C19H13BrFN3O2/c20-17-16(26-11-13-3-4-15(21)8-14(13)9-22)5-7-24-18(17)19(25)12-2-1-6-23-10-12/h1-8,10,18,24H,11H2. The molecule has 1 aromatic carbocycles. The van der Waals surface area contributed by atoms with Gasteiger partial charge in [-0.2, -0.15) is 5.26 Å². The van der Waals surface area contributed by atoms with Crippen molar-refractivity contribution < 1.29 is 13.9 Å². The third-order valence-corrected chi connectivity index (χ3v) is 4.62. The summed E-state index contributed by atoms with van der Waals surface area (Å²) in [6.07, 6.45) is 6.39. The number of allylic oxidation sites excluding steroid dienone is 1. The zero-order chi connectivity index (χ0) is 18.5. The summed E-state index contributed by atoms with van der Waals surface area (Å²) in [6, 6.07) is 8.63. The number of rotatable bonds is 5. The van der Waals surface area contributed by atoms with Gasteiger partial charge in [-0.1, -0.05) is 6.07 Å². The van der Waals surface area contributed by atoms with Crippen LogP contribution in [0.2, 0.25) is 0 Å². The summed E-state index contributed by atoms with van der Waals surface area (Å²) in [5.74, 6) is -0.177. The third kappa shape index (κ3) is 3.81. The summed E-state index contributed by atoms with van der Waals surface area (Å²) in [5.41, 5.74) is 1.24. The number of carbonyl (C=O) groups is 1. The molecule has 1 aliphatic rings. The topological polar surface area (TPSA) is 75.0 Å². The predicted octanol–water partition coefficient (Wildman–Crippen LogP) is 3.58. The van der Waals surface area contributed by atoms with Crippen LogP contribution in [-0.2, 0) is 11.3 Å². The number of ether oxygens (including phenoxy) is 1. The van der Waals surface area contributed by atoms with Crippen LogP contribution in [0, 0.1) is 17.1 Å². The van der Waals surface area contributed by atoms with Crippen LogP contribution in [0.3, 0.4) is 0 Å². The van der Waals surface area contributed by atoms with Gasteiger partial charge in [-0.15, -0.1) is 0 Å². The smallest absolute Gasteiger partial charge is 0.191 e. The van der Waals surface area contributed by atoms with E-state index in [2.05, 4.69) is 26.2 Å². The number of nitriles is 1. The average Bonchev–Trinajstić information content (AvgIpc) is 2.68. The average molecular weight is 414 g/mol. The van der Waals surface area contributed by atoms with Crippen LogP contribution in [-0.4, -0.2) is 16.8 Å². The molecule has 26 heavy (non-hydrogen) atoms. The number of carbonyl (C=O) groups excluding carboxylic acids is 1. The Morgan fingerprint density at radius 2 is 2.27 bits per heavy atom. The number of benzene rings is 1. The first-order valence-electron chi connectivity index (χ1n) is 7.68. The lowest BCUT2D eigenvalue weighted by Crippen LogP contribution is -2.36. The number of hydrogen-bond donors (Lipinski definition) is 1. The Labute approximate surface area is 157 Å². The lowest BCUT2D eigenvalue weighted by atomic mass is 10.0. The molecule has 7 heteroatoms. The van der Waals surface area contributed by atoms with E-state index in [9.17, 15) is 9.18 Å². The number of ketones is 1. The van der Waals surface area contributed by atoms with Crippen molar-refractivity contribution in [3.8, 4) is 6.07 Å². The summed E-state index contributed by atoms with van der Waals surface area (Å²) in [6.45, 7) is 0.0751. The van der Waals surface area contributed by atoms with Crippen molar-refractivity contribution in [1.82, 2.24) is 10.3 Å². The highest BCUT2D eigenvalue weighted by molar-refractivity contribution is 9.11. The molecular formula is C19H13BrFN3O2.